The Morgan fingerprint density at radius 1 is 1.28 bits per heavy atom. The molecular formula is C13H20N2O3. The minimum Gasteiger partial charge on any atom is -0.354 e. The second-order valence-electron chi connectivity index (χ2n) is 3.85. The highest BCUT2D eigenvalue weighted by molar-refractivity contribution is 5.83. The number of hydrogen-bond acceptors (Lipinski definition) is 4. The molecule has 0 spiro atoms. The van der Waals surface area contributed by atoms with Crippen molar-refractivity contribution in [3.63, 3.8) is 0 Å². The molecule has 18 heavy (non-hydrogen) atoms. The van der Waals surface area contributed by atoms with Crippen LogP contribution in [0.3, 0.4) is 0 Å². The standard InChI is InChI=1S/C13H20N2O3/c1-17-12(18-2)9-15-13(16)11(8-14)10-6-4-3-5-7-10/h3-7,11-12H,8-9,14H2,1-2H3,(H,15,16). The number of rotatable bonds is 7. The Kier molecular flexibility index (Phi) is 6.35. The predicted octanol–water partition coefficient (Wildman–Crippen LogP) is 0.464. The highest BCUT2D eigenvalue weighted by Gasteiger charge is 2.19. The third kappa shape index (κ3) is 4.10. The van der Waals surface area contributed by atoms with Crippen LogP contribution in [0.25, 0.3) is 0 Å². The lowest BCUT2D eigenvalue weighted by atomic mass is 9.98. The molecule has 3 N–H and O–H groups in total. The molecule has 100 valence electrons. The molecule has 1 atom stereocenters. The van der Waals surface area contributed by atoms with Crippen LogP contribution >= 0.6 is 0 Å². The van der Waals surface area contributed by atoms with Crippen molar-refractivity contribution >= 4 is 5.91 Å². The molecular weight excluding hydrogens is 232 g/mol. The second kappa shape index (κ2) is 7.81. The van der Waals surface area contributed by atoms with Gasteiger partial charge in [0.15, 0.2) is 6.29 Å². The van der Waals surface area contributed by atoms with Gasteiger partial charge in [-0.15, -0.1) is 0 Å². The number of ether oxygens (including phenoxy) is 2. The largest absolute Gasteiger partial charge is 0.354 e. The van der Waals surface area contributed by atoms with Gasteiger partial charge in [-0.2, -0.15) is 0 Å². The average Bonchev–Trinajstić information content (AvgIpc) is 2.42. The molecule has 0 aliphatic rings. The first-order chi connectivity index (χ1) is 8.72. The third-order valence-corrected chi connectivity index (χ3v) is 2.72. The van der Waals surface area contributed by atoms with Crippen molar-refractivity contribution in [1.29, 1.82) is 0 Å². The monoisotopic (exact) mass is 252 g/mol. The zero-order valence-electron chi connectivity index (χ0n) is 10.8. The van der Waals surface area contributed by atoms with E-state index in [0.29, 0.717) is 6.54 Å². The number of nitrogens with two attached hydrogens (primary N) is 1. The smallest absolute Gasteiger partial charge is 0.229 e. The normalized spacial score (nSPS) is 12.4. The van der Waals surface area contributed by atoms with Crippen LogP contribution in [0.2, 0.25) is 0 Å². The van der Waals surface area contributed by atoms with Gasteiger partial charge in [-0.25, -0.2) is 0 Å². The van der Waals surface area contributed by atoms with E-state index in [4.69, 9.17) is 15.2 Å². The molecule has 1 rings (SSSR count). The molecule has 0 saturated heterocycles. The van der Waals surface area contributed by atoms with Gasteiger partial charge in [-0.05, 0) is 5.56 Å². The van der Waals surface area contributed by atoms with E-state index < -0.39 is 6.29 Å². The molecule has 0 aliphatic heterocycles. The van der Waals surface area contributed by atoms with E-state index in [2.05, 4.69) is 5.32 Å². The Morgan fingerprint density at radius 2 is 1.89 bits per heavy atom. The molecule has 0 saturated carbocycles. The van der Waals surface area contributed by atoms with Crippen LogP contribution in [0.5, 0.6) is 0 Å². The lowest BCUT2D eigenvalue weighted by Crippen LogP contribution is -2.39. The number of carbonyl (C=O) groups excluding carboxylic acids is 1. The van der Waals surface area contributed by atoms with E-state index >= 15 is 0 Å². The van der Waals surface area contributed by atoms with Crippen molar-refractivity contribution < 1.29 is 14.3 Å². The topological polar surface area (TPSA) is 73.6 Å². The summed E-state index contributed by atoms with van der Waals surface area (Å²) in [5.74, 6) is -0.469. The van der Waals surface area contributed by atoms with Gasteiger partial charge in [0.25, 0.3) is 0 Å². The molecule has 0 bridgehead atoms. The van der Waals surface area contributed by atoms with Crippen LogP contribution in [0.15, 0.2) is 30.3 Å². The van der Waals surface area contributed by atoms with Gasteiger partial charge < -0.3 is 20.5 Å². The SMILES string of the molecule is COC(CNC(=O)C(CN)c1ccccc1)OC. The Balaban J connectivity index is 2.58. The Hall–Kier alpha value is -1.43. The van der Waals surface area contributed by atoms with Gasteiger partial charge in [-0.1, -0.05) is 30.3 Å². The number of amides is 1. The van der Waals surface area contributed by atoms with Gasteiger partial charge in [0.2, 0.25) is 5.91 Å². The third-order valence-electron chi connectivity index (χ3n) is 2.72. The molecule has 5 nitrogen and oxygen atoms in total. The van der Waals surface area contributed by atoms with Gasteiger partial charge >= 0.3 is 0 Å². The number of nitrogens with one attached hydrogen (secondary N) is 1. The maximum atomic E-state index is 12.0. The van der Waals surface area contributed by atoms with Crippen molar-refractivity contribution in [2.75, 3.05) is 27.3 Å². The zero-order chi connectivity index (χ0) is 13.4. The molecule has 5 heteroatoms. The minimum absolute atomic E-state index is 0.122. The van der Waals surface area contributed by atoms with E-state index in [1.54, 1.807) is 0 Å². The highest BCUT2D eigenvalue weighted by atomic mass is 16.7. The van der Waals surface area contributed by atoms with Crippen molar-refractivity contribution in [2.24, 2.45) is 5.73 Å². The highest BCUT2D eigenvalue weighted by Crippen LogP contribution is 2.13. The van der Waals surface area contributed by atoms with E-state index in [1.807, 2.05) is 30.3 Å². The van der Waals surface area contributed by atoms with E-state index in [-0.39, 0.29) is 18.4 Å². The molecule has 1 aromatic carbocycles. The van der Waals surface area contributed by atoms with Crippen molar-refractivity contribution in [3.8, 4) is 0 Å². The first-order valence-corrected chi connectivity index (χ1v) is 5.81. The zero-order valence-corrected chi connectivity index (χ0v) is 10.8. The predicted molar refractivity (Wildman–Crippen MR) is 69.1 cm³/mol. The summed E-state index contributed by atoms with van der Waals surface area (Å²) in [6.07, 6.45) is -0.442. The number of benzene rings is 1. The lowest BCUT2D eigenvalue weighted by molar-refractivity contribution is -0.128. The van der Waals surface area contributed by atoms with Crippen LogP contribution in [0.1, 0.15) is 11.5 Å². The van der Waals surface area contributed by atoms with Gasteiger partial charge in [0, 0.05) is 20.8 Å². The van der Waals surface area contributed by atoms with E-state index in [0.717, 1.165) is 5.56 Å². The second-order valence-corrected chi connectivity index (χ2v) is 3.85. The number of carbonyl (C=O) groups is 1. The summed E-state index contributed by atoms with van der Waals surface area (Å²) in [4.78, 5) is 12.0. The van der Waals surface area contributed by atoms with Crippen LogP contribution in [-0.2, 0) is 14.3 Å². The summed E-state index contributed by atoms with van der Waals surface area (Å²) in [6, 6.07) is 9.46. The quantitative estimate of drug-likeness (QED) is 0.692. The lowest BCUT2D eigenvalue weighted by Gasteiger charge is -2.18. The Labute approximate surface area is 107 Å². The minimum atomic E-state index is -0.442. The van der Waals surface area contributed by atoms with Crippen LogP contribution in [0.4, 0.5) is 0 Å². The molecule has 1 amide bonds. The van der Waals surface area contributed by atoms with Crippen LogP contribution in [-0.4, -0.2) is 39.5 Å². The molecule has 0 fully saturated rings. The van der Waals surface area contributed by atoms with Gasteiger partial charge in [0.1, 0.15) is 0 Å². The molecule has 0 aromatic heterocycles. The number of methoxy groups -OCH3 is 2. The molecule has 0 aliphatic carbocycles. The van der Waals surface area contributed by atoms with Crippen LogP contribution < -0.4 is 11.1 Å². The van der Waals surface area contributed by atoms with Gasteiger partial charge in [0.05, 0.1) is 12.5 Å². The van der Waals surface area contributed by atoms with Crippen LogP contribution in [0, 0.1) is 0 Å². The van der Waals surface area contributed by atoms with Crippen molar-refractivity contribution in [3.05, 3.63) is 35.9 Å². The molecule has 0 radical (unpaired) electrons. The summed E-state index contributed by atoms with van der Waals surface area (Å²) < 4.78 is 10.0. The summed E-state index contributed by atoms with van der Waals surface area (Å²) >= 11 is 0. The Bertz CT molecular complexity index is 353. The van der Waals surface area contributed by atoms with Crippen molar-refractivity contribution in [2.45, 2.75) is 12.2 Å². The fourth-order valence-electron chi connectivity index (χ4n) is 1.65. The van der Waals surface area contributed by atoms with E-state index in [9.17, 15) is 4.79 Å². The van der Waals surface area contributed by atoms with Crippen molar-refractivity contribution in [1.82, 2.24) is 5.32 Å². The maximum Gasteiger partial charge on any atom is 0.229 e. The summed E-state index contributed by atoms with van der Waals surface area (Å²) in [5, 5.41) is 2.77. The molecule has 1 unspecified atom stereocenters. The van der Waals surface area contributed by atoms with Gasteiger partial charge in [-0.3, -0.25) is 4.79 Å². The Morgan fingerprint density at radius 3 is 2.39 bits per heavy atom. The first-order valence-electron chi connectivity index (χ1n) is 5.81. The summed E-state index contributed by atoms with van der Waals surface area (Å²) in [7, 11) is 3.05. The fourth-order valence-corrected chi connectivity index (χ4v) is 1.65. The number of hydrogen-bond donors (Lipinski definition) is 2. The molecule has 0 heterocycles. The summed E-state index contributed by atoms with van der Waals surface area (Å²) in [6.45, 7) is 0.565. The van der Waals surface area contributed by atoms with E-state index in [1.165, 1.54) is 14.2 Å². The summed E-state index contributed by atoms with van der Waals surface area (Å²) in [5.41, 5.74) is 6.56. The average molecular weight is 252 g/mol. The molecule has 1 aromatic rings. The maximum absolute atomic E-state index is 12.0. The fraction of sp³-hybridized carbons (Fsp3) is 0.462. The first kappa shape index (κ1) is 14.6.